The van der Waals surface area contributed by atoms with Gasteiger partial charge in [0.2, 0.25) is 0 Å². The predicted octanol–water partition coefficient (Wildman–Crippen LogP) is 2.22. The molecule has 3 atom stereocenters. The number of hydrogen-bond acceptors (Lipinski definition) is 3. The number of rotatable bonds is 4. The minimum atomic E-state index is -2.99. The topological polar surface area (TPSA) is 46.2 Å². The molecule has 0 amide bonds. The third-order valence-corrected chi connectivity index (χ3v) is 6.90. The highest BCUT2D eigenvalue weighted by Crippen LogP contribution is 2.34. The monoisotopic (exact) mass is 261 g/mol. The van der Waals surface area contributed by atoms with Crippen LogP contribution in [-0.4, -0.2) is 32.0 Å². The Hall–Kier alpha value is -0.0900. The van der Waals surface area contributed by atoms with Crippen LogP contribution in [0.4, 0.5) is 0 Å². The molecule has 0 heterocycles. The average Bonchev–Trinajstić information content (AvgIpc) is 2.27. The van der Waals surface area contributed by atoms with Crippen LogP contribution in [0.5, 0.6) is 0 Å². The molecule has 0 aromatic rings. The SMILES string of the molecule is CNC1CCC(C(C)C)CC1S(=O)(=O)C(C)C. The summed E-state index contributed by atoms with van der Waals surface area (Å²) in [5.41, 5.74) is 0. The molecule has 1 aliphatic rings. The summed E-state index contributed by atoms with van der Waals surface area (Å²) in [5.74, 6) is 1.13. The molecule has 1 N–H and O–H groups in total. The van der Waals surface area contributed by atoms with Crippen LogP contribution in [0.1, 0.15) is 47.0 Å². The van der Waals surface area contributed by atoms with Gasteiger partial charge in [-0.3, -0.25) is 0 Å². The third-order valence-electron chi connectivity index (χ3n) is 4.22. The Kier molecular flexibility index (Phi) is 5.02. The van der Waals surface area contributed by atoms with Crippen molar-refractivity contribution >= 4 is 9.84 Å². The first-order chi connectivity index (χ1) is 7.80. The Bertz CT molecular complexity index is 335. The van der Waals surface area contributed by atoms with Crippen molar-refractivity contribution in [3.05, 3.63) is 0 Å². The quantitative estimate of drug-likeness (QED) is 0.844. The molecule has 0 radical (unpaired) electrons. The molecule has 0 aromatic heterocycles. The highest BCUT2D eigenvalue weighted by atomic mass is 32.2. The Labute approximate surface area is 106 Å². The van der Waals surface area contributed by atoms with Gasteiger partial charge in [0, 0.05) is 6.04 Å². The van der Waals surface area contributed by atoms with Crippen LogP contribution in [0.2, 0.25) is 0 Å². The molecular formula is C13H27NO2S. The van der Waals surface area contributed by atoms with Gasteiger partial charge in [-0.2, -0.15) is 0 Å². The predicted molar refractivity (Wildman–Crippen MR) is 72.9 cm³/mol. The van der Waals surface area contributed by atoms with Gasteiger partial charge in [0.05, 0.1) is 10.5 Å². The molecule has 0 aliphatic heterocycles. The summed E-state index contributed by atoms with van der Waals surface area (Å²) >= 11 is 0. The third kappa shape index (κ3) is 3.22. The molecular weight excluding hydrogens is 234 g/mol. The highest BCUT2D eigenvalue weighted by molar-refractivity contribution is 7.92. The molecule has 4 heteroatoms. The van der Waals surface area contributed by atoms with E-state index in [-0.39, 0.29) is 16.5 Å². The molecule has 0 aromatic carbocycles. The van der Waals surface area contributed by atoms with E-state index in [0.29, 0.717) is 11.8 Å². The second-order valence-corrected chi connectivity index (χ2v) is 8.61. The summed E-state index contributed by atoms with van der Waals surface area (Å²) in [6.45, 7) is 7.98. The second-order valence-electron chi connectivity index (χ2n) is 5.89. The van der Waals surface area contributed by atoms with Crippen molar-refractivity contribution in [3.8, 4) is 0 Å². The van der Waals surface area contributed by atoms with Crippen LogP contribution in [0.3, 0.4) is 0 Å². The fraction of sp³-hybridized carbons (Fsp3) is 1.00. The standard InChI is InChI=1S/C13H27NO2S/c1-9(2)11-6-7-12(14-5)13(8-11)17(15,16)10(3)4/h9-14H,6-8H2,1-5H3. The molecule has 102 valence electrons. The minimum Gasteiger partial charge on any atom is -0.316 e. The van der Waals surface area contributed by atoms with E-state index >= 15 is 0 Å². The molecule has 1 fully saturated rings. The number of nitrogens with one attached hydrogen (secondary N) is 1. The summed E-state index contributed by atoms with van der Waals surface area (Å²) in [4.78, 5) is 0. The molecule has 3 nitrogen and oxygen atoms in total. The van der Waals surface area contributed by atoms with E-state index in [1.165, 1.54) is 0 Å². The summed E-state index contributed by atoms with van der Waals surface area (Å²) in [5, 5.41) is 2.73. The lowest BCUT2D eigenvalue weighted by atomic mass is 9.79. The fourth-order valence-electron chi connectivity index (χ4n) is 2.81. The zero-order valence-electron chi connectivity index (χ0n) is 11.7. The van der Waals surface area contributed by atoms with Crippen LogP contribution < -0.4 is 5.32 Å². The van der Waals surface area contributed by atoms with Crippen molar-refractivity contribution in [2.24, 2.45) is 11.8 Å². The van der Waals surface area contributed by atoms with Gasteiger partial charge in [0.25, 0.3) is 0 Å². The Balaban J connectivity index is 2.91. The van der Waals surface area contributed by atoms with Crippen molar-refractivity contribution in [1.29, 1.82) is 0 Å². The Morgan fingerprint density at radius 3 is 2.12 bits per heavy atom. The van der Waals surface area contributed by atoms with E-state index in [1.807, 2.05) is 7.05 Å². The fourth-order valence-corrected chi connectivity index (χ4v) is 4.75. The lowest BCUT2D eigenvalue weighted by molar-refractivity contribution is 0.245. The van der Waals surface area contributed by atoms with Crippen LogP contribution in [0.25, 0.3) is 0 Å². The van der Waals surface area contributed by atoms with Gasteiger partial charge in [-0.15, -0.1) is 0 Å². The van der Waals surface area contributed by atoms with Gasteiger partial charge in [0.15, 0.2) is 9.84 Å². The second kappa shape index (κ2) is 5.70. The maximum absolute atomic E-state index is 12.4. The van der Waals surface area contributed by atoms with Crippen molar-refractivity contribution in [2.75, 3.05) is 7.05 Å². The first kappa shape index (κ1) is 15.0. The van der Waals surface area contributed by atoms with E-state index < -0.39 is 9.84 Å². The summed E-state index contributed by atoms with van der Waals surface area (Å²) < 4.78 is 24.8. The normalized spacial score (nSPS) is 31.1. The summed E-state index contributed by atoms with van der Waals surface area (Å²) in [6.07, 6.45) is 2.95. The first-order valence-corrected chi connectivity index (χ1v) is 8.31. The molecule has 0 saturated heterocycles. The Morgan fingerprint density at radius 2 is 1.71 bits per heavy atom. The minimum absolute atomic E-state index is 0.136. The van der Waals surface area contributed by atoms with Crippen LogP contribution >= 0.6 is 0 Å². The van der Waals surface area contributed by atoms with E-state index in [4.69, 9.17) is 0 Å². The summed E-state index contributed by atoms with van der Waals surface area (Å²) in [6, 6.07) is 0.136. The van der Waals surface area contributed by atoms with Gasteiger partial charge in [0.1, 0.15) is 0 Å². The lowest BCUT2D eigenvalue weighted by Gasteiger charge is -2.38. The van der Waals surface area contributed by atoms with Crippen LogP contribution in [0, 0.1) is 11.8 Å². The van der Waals surface area contributed by atoms with Gasteiger partial charge in [-0.05, 0) is 52.0 Å². The number of hydrogen-bond donors (Lipinski definition) is 1. The zero-order valence-corrected chi connectivity index (χ0v) is 12.5. The molecule has 0 spiro atoms. The van der Waals surface area contributed by atoms with Crippen molar-refractivity contribution < 1.29 is 8.42 Å². The van der Waals surface area contributed by atoms with Gasteiger partial charge >= 0.3 is 0 Å². The van der Waals surface area contributed by atoms with Crippen molar-refractivity contribution in [1.82, 2.24) is 5.32 Å². The molecule has 1 saturated carbocycles. The van der Waals surface area contributed by atoms with Gasteiger partial charge in [-0.25, -0.2) is 8.42 Å². The van der Waals surface area contributed by atoms with E-state index in [0.717, 1.165) is 19.3 Å². The highest BCUT2D eigenvalue weighted by Gasteiger charge is 2.40. The molecule has 3 unspecified atom stereocenters. The first-order valence-electron chi connectivity index (χ1n) is 6.70. The molecule has 0 bridgehead atoms. The van der Waals surface area contributed by atoms with Crippen molar-refractivity contribution in [3.63, 3.8) is 0 Å². The van der Waals surface area contributed by atoms with Gasteiger partial charge < -0.3 is 5.32 Å². The largest absolute Gasteiger partial charge is 0.316 e. The van der Waals surface area contributed by atoms with Crippen LogP contribution in [-0.2, 0) is 9.84 Å². The maximum atomic E-state index is 12.4. The molecule has 17 heavy (non-hydrogen) atoms. The van der Waals surface area contributed by atoms with E-state index in [9.17, 15) is 8.42 Å². The van der Waals surface area contributed by atoms with E-state index in [1.54, 1.807) is 13.8 Å². The zero-order chi connectivity index (χ0) is 13.2. The summed E-state index contributed by atoms with van der Waals surface area (Å²) in [7, 11) is -1.11. The number of sulfone groups is 1. The van der Waals surface area contributed by atoms with Gasteiger partial charge in [-0.1, -0.05) is 13.8 Å². The Morgan fingerprint density at radius 1 is 1.12 bits per heavy atom. The smallest absolute Gasteiger partial charge is 0.157 e. The molecule has 1 rings (SSSR count). The maximum Gasteiger partial charge on any atom is 0.157 e. The molecule has 1 aliphatic carbocycles. The lowest BCUT2D eigenvalue weighted by Crippen LogP contribution is -2.49. The van der Waals surface area contributed by atoms with E-state index in [2.05, 4.69) is 19.2 Å². The average molecular weight is 261 g/mol. The van der Waals surface area contributed by atoms with Crippen molar-refractivity contribution in [2.45, 2.75) is 63.5 Å². The van der Waals surface area contributed by atoms with Crippen LogP contribution in [0.15, 0.2) is 0 Å².